The molecule has 17 heteroatoms. The van der Waals surface area contributed by atoms with Crippen molar-refractivity contribution in [2.24, 2.45) is 35.5 Å². The van der Waals surface area contributed by atoms with E-state index in [1.807, 2.05) is 58.1 Å². The molecule has 4 heterocycles. The fourth-order valence-corrected chi connectivity index (χ4v) is 10.7. The maximum Gasteiger partial charge on any atom is 0.329 e. The third-order valence-corrected chi connectivity index (χ3v) is 15.2. The Morgan fingerprint density at radius 1 is 0.884 bits per heavy atom. The van der Waals surface area contributed by atoms with Crippen LogP contribution in [-0.2, 0) is 47.7 Å². The number of amides is 1. The Balaban J connectivity index is 1.46. The van der Waals surface area contributed by atoms with E-state index in [1.165, 1.54) is 12.0 Å². The number of Topliss-reactive ketones (excluding diaryl/α,β-unsaturated/α-hetero) is 3. The molecule has 1 aromatic rings. The number of ether oxygens (including phenoxy) is 5. The molecule has 0 aromatic carbocycles. The summed E-state index contributed by atoms with van der Waals surface area (Å²) in [6.07, 6.45) is 13.9. The number of carbonyl (C=O) groups excluding carboxylic acids is 5. The molecule has 69 heavy (non-hydrogen) atoms. The Kier molecular flexibility index (Phi) is 20.8. The lowest BCUT2D eigenvalue weighted by molar-refractivity contribution is -0.265. The van der Waals surface area contributed by atoms with E-state index in [-0.39, 0.29) is 60.9 Å². The molecule has 4 aliphatic rings. The van der Waals surface area contributed by atoms with Crippen LogP contribution < -0.4 is 0 Å². The van der Waals surface area contributed by atoms with Gasteiger partial charge in [-0.15, -0.1) is 5.10 Å². The van der Waals surface area contributed by atoms with Crippen molar-refractivity contribution in [1.29, 1.82) is 0 Å². The SMILES string of the molecule is COC1C(=O)[C@@H](C)C[C@H](C)/C=C/C=C/C=C(\C)[C@@H](OC)C[C@@H]2CCC(C)C(O)(O2)C(=O)C(=O)N2CCCC[C@H]2C(=O)O[C@H]([C@H](C)CC2CC[C@H](n3cnnn3)[C@H](OC)C2)CC(=O)[C@H](C)/C=C(\C)[C@H]1O. The highest BCUT2D eigenvalue weighted by Crippen LogP contribution is 2.39. The van der Waals surface area contributed by atoms with Gasteiger partial charge in [0.1, 0.15) is 36.5 Å². The molecule has 2 bridgehead atoms. The summed E-state index contributed by atoms with van der Waals surface area (Å²) in [6, 6.07) is -1.19. The summed E-state index contributed by atoms with van der Waals surface area (Å²) in [6.45, 7) is 12.8. The molecule has 0 radical (unpaired) electrons. The van der Waals surface area contributed by atoms with Gasteiger partial charge in [-0.2, -0.15) is 0 Å². The molecule has 4 unspecified atom stereocenters. The van der Waals surface area contributed by atoms with Crippen LogP contribution in [0.5, 0.6) is 0 Å². The van der Waals surface area contributed by atoms with Crippen molar-refractivity contribution in [3.8, 4) is 0 Å². The van der Waals surface area contributed by atoms with Gasteiger partial charge in [-0.3, -0.25) is 19.2 Å². The van der Waals surface area contributed by atoms with Crippen LogP contribution in [0.25, 0.3) is 0 Å². The first-order valence-corrected chi connectivity index (χ1v) is 25.0. The molecular weight excluding hydrogens is 887 g/mol. The normalized spacial score (nSPS) is 38.8. The number of allylic oxidation sites excluding steroid dienone is 6. The second-order valence-corrected chi connectivity index (χ2v) is 20.4. The molecule has 15 atom stereocenters. The number of hydrogen-bond donors (Lipinski definition) is 2. The van der Waals surface area contributed by atoms with Crippen LogP contribution in [0, 0.1) is 35.5 Å². The topological polar surface area (TPSA) is 219 Å². The molecule has 3 fully saturated rings. The molecule has 0 spiro atoms. The van der Waals surface area contributed by atoms with E-state index in [4.69, 9.17) is 23.7 Å². The summed E-state index contributed by atoms with van der Waals surface area (Å²) in [7, 11) is 4.62. The van der Waals surface area contributed by atoms with E-state index in [9.17, 15) is 34.2 Å². The first kappa shape index (κ1) is 55.7. The van der Waals surface area contributed by atoms with Crippen molar-refractivity contribution in [3.05, 3.63) is 53.9 Å². The fraction of sp³-hybridized carbons (Fsp3) is 0.731. The lowest BCUT2D eigenvalue weighted by Gasteiger charge is -2.42. The third kappa shape index (κ3) is 14.2. The van der Waals surface area contributed by atoms with Gasteiger partial charge in [-0.25, -0.2) is 9.48 Å². The highest BCUT2D eigenvalue weighted by Gasteiger charge is 2.53. The van der Waals surface area contributed by atoms with Gasteiger partial charge >= 0.3 is 5.97 Å². The Hall–Kier alpha value is -4.26. The summed E-state index contributed by atoms with van der Waals surface area (Å²) in [4.78, 5) is 72.3. The van der Waals surface area contributed by atoms with Crippen LogP contribution in [0.15, 0.2) is 53.9 Å². The van der Waals surface area contributed by atoms with Crippen LogP contribution in [0.1, 0.15) is 132 Å². The Morgan fingerprint density at radius 2 is 1.64 bits per heavy atom. The minimum absolute atomic E-state index is 0.0170. The molecule has 17 nitrogen and oxygen atoms in total. The Labute approximate surface area is 408 Å². The number of piperidine rings is 1. The first-order valence-electron chi connectivity index (χ1n) is 25.0. The number of hydrogen-bond acceptors (Lipinski definition) is 15. The number of aliphatic hydroxyl groups is 2. The average Bonchev–Trinajstić information content (AvgIpc) is 3.88. The van der Waals surface area contributed by atoms with E-state index < -0.39 is 77.8 Å². The van der Waals surface area contributed by atoms with Gasteiger partial charge in [0.2, 0.25) is 5.79 Å². The largest absolute Gasteiger partial charge is 0.460 e. The number of esters is 1. The molecule has 1 aliphatic carbocycles. The number of tetrazole rings is 1. The van der Waals surface area contributed by atoms with E-state index in [1.54, 1.807) is 52.1 Å². The summed E-state index contributed by atoms with van der Waals surface area (Å²) < 4.78 is 31.6. The Morgan fingerprint density at radius 3 is 2.32 bits per heavy atom. The zero-order chi connectivity index (χ0) is 50.6. The minimum Gasteiger partial charge on any atom is -0.460 e. The van der Waals surface area contributed by atoms with Crippen LogP contribution in [-0.4, -0.2) is 141 Å². The predicted octanol–water partition coefficient (Wildman–Crippen LogP) is 6.05. The van der Waals surface area contributed by atoms with Gasteiger partial charge in [0.05, 0.1) is 24.4 Å². The van der Waals surface area contributed by atoms with Crippen molar-refractivity contribution in [3.63, 3.8) is 0 Å². The van der Waals surface area contributed by atoms with Gasteiger partial charge in [0, 0.05) is 58.5 Å². The zero-order valence-corrected chi connectivity index (χ0v) is 42.5. The molecule has 2 N–H and O–H groups in total. The minimum atomic E-state index is -2.43. The molecule has 384 valence electrons. The van der Waals surface area contributed by atoms with E-state index >= 15 is 0 Å². The number of carbonyl (C=O) groups is 5. The summed E-state index contributed by atoms with van der Waals surface area (Å²) >= 11 is 0. The van der Waals surface area contributed by atoms with Crippen LogP contribution in [0.3, 0.4) is 0 Å². The number of ketones is 3. The number of nitrogens with zero attached hydrogens (tertiary/aromatic N) is 5. The second kappa shape index (κ2) is 25.7. The smallest absolute Gasteiger partial charge is 0.329 e. The lowest BCUT2D eigenvalue weighted by Crippen LogP contribution is -2.61. The maximum absolute atomic E-state index is 14.5. The van der Waals surface area contributed by atoms with E-state index in [0.29, 0.717) is 56.9 Å². The van der Waals surface area contributed by atoms with Crippen LogP contribution in [0.4, 0.5) is 0 Å². The van der Waals surface area contributed by atoms with Crippen molar-refractivity contribution in [2.75, 3.05) is 27.9 Å². The quantitative estimate of drug-likeness (QED) is 0.181. The van der Waals surface area contributed by atoms with Gasteiger partial charge in [-0.05, 0) is 117 Å². The standard InChI is InChI=1S/C52H79N5O12/c1-31-16-12-11-13-17-32(2)43(65-8)28-39-21-19-37(7)52(64,69-39)49(61)50(62)56-23-15-14-18-41(56)51(63)68-44(34(4)26-38-20-22-40(45(27-38)66-9)57-30-53-54-55-57)29-42(58)33(3)25-36(6)47(60)48(67-10)46(59)35(5)24-31/h11-13,16-17,25,30-31,33-35,37-41,43-45,47-48,60,64H,14-15,18-24,26-29H2,1-10H3/b13-11+,16-12+,32-17+,36-25+/t31-,33-,34-,35+,37?,38?,39+,40+,41+,43+,44+,45-,47-,48?,52?/m1/s1. The van der Waals surface area contributed by atoms with E-state index in [0.717, 1.165) is 18.4 Å². The van der Waals surface area contributed by atoms with Crippen molar-refractivity contribution in [1.82, 2.24) is 25.1 Å². The first-order chi connectivity index (χ1) is 32.8. The predicted molar refractivity (Wildman–Crippen MR) is 256 cm³/mol. The third-order valence-electron chi connectivity index (χ3n) is 15.2. The highest BCUT2D eigenvalue weighted by atomic mass is 16.6. The van der Waals surface area contributed by atoms with Crippen molar-refractivity contribution in [2.45, 2.75) is 180 Å². The number of rotatable bonds is 7. The zero-order valence-electron chi connectivity index (χ0n) is 42.5. The molecule has 5 rings (SSSR count). The van der Waals surface area contributed by atoms with Gasteiger partial charge in [0.25, 0.3) is 11.7 Å². The number of fused-ring (bicyclic) bond motifs is 3. The van der Waals surface area contributed by atoms with Crippen LogP contribution >= 0.6 is 0 Å². The number of cyclic esters (lactones) is 1. The highest BCUT2D eigenvalue weighted by molar-refractivity contribution is 6.39. The molecule has 1 amide bonds. The number of methoxy groups -OCH3 is 3. The monoisotopic (exact) mass is 966 g/mol. The van der Waals surface area contributed by atoms with Crippen molar-refractivity contribution >= 4 is 29.2 Å². The number of aromatic nitrogens is 4. The molecule has 2 saturated heterocycles. The number of aliphatic hydroxyl groups excluding tert-OH is 1. The molecule has 3 aliphatic heterocycles. The second-order valence-electron chi connectivity index (χ2n) is 20.4. The summed E-state index contributed by atoms with van der Waals surface area (Å²) in [5, 5.41) is 35.2. The Bertz CT molecular complexity index is 2020. The summed E-state index contributed by atoms with van der Waals surface area (Å²) in [5.74, 6) is -7.92. The van der Waals surface area contributed by atoms with E-state index in [2.05, 4.69) is 15.5 Å². The molecular formula is C52H79N5O12. The average molecular weight is 966 g/mol. The van der Waals surface area contributed by atoms with Crippen molar-refractivity contribution < 1.29 is 57.9 Å². The van der Waals surface area contributed by atoms with Gasteiger partial charge < -0.3 is 38.8 Å². The maximum atomic E-state index is 14.5. The lowest BCUT2D eigenvalue weighted by atomic mass is 9.77. The molecule has 1 aromatic heterocycles. The fourth-order valence-electron chi connectivity index (χ4n) is 10.7. The van der Waals surface area contributed by atoms with Crippen LogP contribution in [0.2, 0.25) is 0 Å². The summed E-state index contributed by atoms with van der Waals surface area (Å²) in [5.41, 5.74) is 1.27. The molecule has 1 saturated carbocycles. The van der Waals surface area contributed by atoms with Gasteiger partial charge in [0.15, 0.2) is 5.78 Å². The van der Waals surface area contributed by atoms with Gasteiger partial charge in [-0.1, -0.05) is 71.1 Å².